The largest absolute Gasteiger partial charge is 0.434 e. The van der Waals surface area contributed by atoms with Crippen LogP contribution in [0.2, 0.25) is 5.02 Å². The Bertz CT molecular complexity index is 1280. The molecular formula is C26H38ClF2N5O5S. The number of carbonyl (C=O) groups excluding carboxylic acids is 1. The fraction of sp³-hybridized carbons (Fsp3) is 0.615. The molecule has 2 aromatic rings. The first kappa shape index (κ1) is 32.2. The van der Waals surface area contributed by atoms with E-state index in [4.69, 9.17) is 21.5 Å². The second-order valence-electron chi connectivity index (χ2n) is 11.3. The van der Waals surface area contributed by atoms with Crippen molar-refractivity contribution in [3.63, 3.8) is 0 Å². The molecule has 4 N–H and O–H groups in total. The Balaban J connectivity index is 1.72. The number of sulfonamides is 1. The number of benzene rings is 1. The van der Waals surface area contributed by atoms with Crippen LogP contribution in [-0.2, 0) is 23.0 Å². The molecule has 40 heavy (non-hydrogen) atoms. The predicted molar refractivity (Wildman–Crippen MR) is 148 cm³/mol. The average Bonchev–Trinajstić information content (AvgIpc) is 3.21. The van der Waals surface area contributed by atoms with Crippen LogP contribution in [0.4, 0.5) is 8.78 Å². The normalized spacial score (nSPS) is 18.2. The smallest absolute Gasteiger partial charge is 0.387 e. The molecule has 1 aliphatic rings. The second kappa shape index (κ2) is 13.6. The summed E-state index contributed by atoms with van der Waals surface area (Å²) in [6, 6.07) is 5.08. The highest BCUT2D eigenvalue weighted by Crippen LogP contribution is 2.39. The number of aryl methyl sites for hydroxylation is 1. The van der Waals surface area contributed by atoms with Gasteiger partial charge in [-0.2, -0.15) is 13.9 Å². The van der Waals surface area contributed by atoms with Crippen LogP contribution < -0.4 is 20.3 Å². The number of alkyl halides is 2. The zero-order chi connectivity index (χ0) is 29.7. The van der Waals surface area contributed by atoms with Gasteiger partial charge in [0.2, 0.25) is 10.0 Å². The van der Waals surface area contributed by atoms with Crippen molar-refractivity contribution in [3.8, 4) is 17.0 Å². The summed E-state index contributed by atoms with van der Waals surface area (Å²) in [4.78, 5) is 14.4. The first-order valence-electron chi connectivity index (χ1n) is 13.2. The van der Waals surface area contributed by atoms with Crippen molar-refractivity contribution >= 4 is 27.5 Å². The van der Waals surface area contributed by atoms with Crippen molar-refractivity contribution < 1.29 is 31.9 Å². The molecule has 1 aromatic carbocycles. The Morgan fingerprint density at radius 2 is 1.93 bits per heavy atom. The fourth-order valence-electron chi connectivity index (χ4n) is 4.90. The lowest BCUT2D eigenvalue weighted by molar-refractivity contribution is -0.0495. The van der Waals surface area contributed by atoms with Gasteiger partial charge in [0.1, 0.15) is 11.6 Å². The van der Waals surface area contributed by atoms with E-state index >= 15 is 0 Å². The number of aromatic nitrogens is 2. The predicted octanol–water partition coefficient (Wildman–Crippen LogP) is 4.56. The minimum atomic E-state index is -3.76. The van der Waals surface area contributed by atoms with E-state index in [1.165, 1.54) is 9.57 Å². The number of carbonyl (C=O) groups is 1. The van der Waals surface area contributed by atoms with Gasteiger partial charge in [-0.05, 0) is 68.1 Å². The number of halogens is 3. The first-order chi connectivity index (χ1) is 18.7. The number of nitrogens with one attached hydrogen (secondary N) is 3. The highest BCUT2D eigenvalue weighted by Gasteiger charge is 2.27. The van der Waals surface area contributed by atoms with E-state index in [2.05, 4.69) is 36.5 Å². The molecule has 1 saturated carbocycles. The topological polar surface area (TPSA) is 135 Å². The Kier molecular flexibility index (Phi) is 10.9. The monoisotopic (exact) mass is 605 g/mol. The van der Waals surface area contributed by atoms with Crippen LogP contribution in [0.1, 0.15) is 69.4 Å². The summed E-state index contributed by atoms with van der Waals surface area (Å²) in [6.07, 6.45) is 3.62. The zero-order valence-electron chi connectivity index (χ0n) is 23.1. The van der Waals surface area contributed by atoms with Crippen molar-refractivity contribution in [1.29, 1.82) is 0 Å². The molecule has 0 aliphatic heterocycles. The molecular weight excluding hydrogens is 568 g/mol. The van der Waals surface area contributed by atoms with Crippen LogP contribution >= 0.6 is 11.6 Å². The number of nitrogens with zero attached hydrogens (tertiary/aromatic N) is 2. The summed E-state index contributed by atoms with van der Waals surface area (Å²) >= 11 is 6.65. The summed E-state index contributed by atoms with van der Waals surface area (Å²) in [5.41, 5.74) is 1.41. The number of rotatable bonds is 12. The summed E-state index contributed by atoms with van der Waals surface area (Å²) in [5.74, 6) is -0.699. The van der Waals surface area contributed by atoms with E-state index < -0.39 is 22.5 Å². The second-order valence-corrected chi connectivity index (χ2v) is 13.3. The third-order valence-corrected chi connectivity index (χ3v) is 7.94. The van der Waals surface area contributed by atoms with E-state index in [1.54, 1.807) is 12.1 Å². The lowest BCUT2D eigenvalue weighted by Gasteiger charge is -2.29. The van der Waals surface area contributed by atoms with Gasteiger partial charge in [0, 0.05) is 24.7 Å². The van der Waals surface area contributed by atoms with Crippen LogP contribution in [0.25, 0.3) is 11.3 Å². The van der Waals surface area contributed by atoms with Gasteiger partial charge < -0.3 is 15.3 Å². The molecule has 1 aromatic heterocycles. The average molecular weight is 606 g/mol. The molecule has 224 valence electrons. The molecule has 0 spiro atoms. The van der Waals surface area contributed by atoms with E-state index in [9.17, 15) is 22.0 Å². The molecule has 0 atom stereocenters. The Morgan fingerprint density at radius 3 is 2.50 bits per heavy atom. The van der Waals surface area contributed by atoms with Crippen molar-refractivity contribution in [3.05, 3.63) is 34.5 Å². The summed E-state index contributed by atoms with van der Waals surface area (Å²) in [6.45, 7) is 5.65. The van der Waals surface area contributed by atoms with Crippen molar-refractivity contribution in [2.45, 2.75) is 79.0 Å². The van der Waals surface area contributed by atoms with E-state index in [0.717, 1.165) is 31.2 Å². The molecule has 1 fully saturated rings. The number of hydrogen-bond donors (Lipinski definition) is 4. The molecule has 0 bridgehead atoms. The summed E-state index contributed by atoms with van der Waals surface area (Å²) in [5, 5.41) is 18.8. The summed E-state index contributed by atoms with van der Waals surface area (Å²) in [7, 11) is -3.76. The summed E-state index contributed by atoms with van der Waals surface area (Å²) < 4.78 is 55.8. The number of ether oxygens (including phenoxy) is 1. The quantitative estimate of drug-likeness (QED) is 0.261. The molecule has 14 heteroatoms. The van der Waals surface area contributed by atoms with Crippen molar-refractivity contribution in [2.24, 2.45) is 11.3 Å². The highest BCUT2D eigenvalue weighted by molar-refractivity contribution is 7.89. The lowest BCUT2D eigenvalue weighted by atomic mass is 9.86. The van der Waals surface area contributed by atoms with Gasteiger partial charge in [-0.3, -0.25) is 14.8 Å². The number of amides is 1. The van der Waals surface area contributed by atoms with Gasteiger partial charge >= 0.3 is 6.61 Å². The third kappa shape index (κ3) is 8.84. The van der Waals surface area contributed by atoms with Gasteiger partial charge in [0.25, 0.3) is 5.91 Å². The Morgan fingerprint density at radius 1 is 1.25 bits per heavy atom. The van der Waals surface area contributed by atoms with Crippen molar-refractivity contribution in [1.82, 2.24) is 25.3 Å². The lowest BCUT2D eigenvalue weighted by Crippen LogP contribution is -2.41. The minimum Gasteiger partial charge on any atom is -0.434 e. The zero-order valence-corrected chi connectivity index (χ0v) is 24.7. The number of hydrogen-bond acceptors (Lipinski definition) is 7. The minimum absolute atomic E-state index is 0.00246. The van der Waals surface area contributed by atoms with Gasteiger partial charge in [0.05, 0.1) is 10.7 Å². The molecule has 0 unspecified atom stereocenters. The van der Waals surface area contributed by atoms with Gasteiger partial charge in [-0.1, -0.05) is 43.3 Å². The molecule has 10 nitrogen and oxygen atoms in total. The van der Waals surface area contributed by atoms with Crippen LogP contribution in [0.5, 0.6) is 5.75 Å². The van der Waals surface area contributed by atoms with Gasteiger partial charge in [-0.15, -0.1) is 0 Å². The maximum Gasteiger partial charge on any atom is 0.387 e. The molecule has 1 heterocycles. The van der Waals surface area contributed by atoms with Gasteiger partial charge in [0.15, 0.2) is 5.69 Å². The maximum atomic E-state index is 13.3. The fourth-order valence-corrected chi connectivity index (χ4v) is 5.74. The highest BCUT2D eigenvalue weighted by atomic mass is 35.5. The molecule has 0 saturated heterocycles. The molecule has 1 aliphatic carbocycles. The maximum absolute atomic E-state index is 13.3. The SMILES string of the molecule is CCn1nc(C(=O)NCC2CCC(NCS(=O)(=O)NO)CC2)c(Cl)c1-c1ccc(CC(C)(C)C)cc1OC(F)F. The van der Waals surface area contributed by atoms with Crippen molar-refractivity contribution in [2.75, 3.05) is 12.4 Å². The van der Waals surface area contributed by atoms with Crippen LogP contribution in [-0.4, -0.2) is 54.4 Å². The molecule has 1 amide bonds. The van der Waals surface area contributed by atoms with E-state index in [-0.39, 0.29) is 39.7 Å². The van der Waals surface area contributed by atoms with Crippen LogP contribution in [0.15, 0.2) is 18.2 Å². The Labute approximate surface area is 238 Å². The molecule has 3 rings (SSSR count). The van der Waals surface area contributed by atoms with E-state index in [1.807, 2.05) is 13.0 Å². The molecule has 0 radical (unpaired) electrons. The van der Waals surface area contributed by atoms with E-state index in [0.29, 0.717) is 30.8 Å². The first-order valence-corrected chi connectivity index (χ1v) is 15.3. The Hall–Kier alpha value is -2.32. The van der Waals surface area contributed by atoms with Gasteiger partial charge in [-0.25, -0.2) is 8.42 Å². The third-order valence-electron chi connectivity index (χ3n) is 6.76. The van der Waals surface area contributed by atoms with Crippen LogP contribution in [0, 0.1) is 11.3 Å². The standard InChI is InChI=1S/C26H38ClF2N5O5S/c1-5-34-23(19-11-8-17(13-26(2,3)4)12-20(19)39-25(28)29)21(27)22(32-34)24(35)30-14-16-6-9-18(10-7-16)31-15-40(37,38)33-36/h8,11-12,16,18,25,31,33,36H,5-7,9-10,13-15H2,1-4H3,(H,30,35). The van der Waals surface area contributed by atoms with Crippen LogP contribution in [0.3, 0.4) is 0 Å².